The zero-order chi connectivity index (χ0) is 28.3. The van der Waals surface area contributed by atoms with Crippen molar-refractivity contribution in [2.24, 2.45) is 0 Å². The number of allylic oxidation sites excluding steroid dienone is 1. The molecule has 0 bridgehead atoms. The summed E-state index contributed by atoms with van der Waals surface area (Å²) in [7, 11) is 0. The number of benzene rings is 2. The summed E-state index contributed by atoms with van der Waals surface area (Å²) in [5.41, 5.74) is 3.99. The lowest BCUT2D eigenvalue weighted by atomic mass is 9.80. The normalized spacial score (nSPS) is 15.1. The van der Waals surface area contributed by atoms with Gasteiger partial charge in [-0.3, -0.25) is 14.4 Å². The molecule has 0 radical (unpaired) electrons. The number of rotatable bonds is 13. The molecule has 0 spiro atoms. The van der Waals surface area contributed by atoms with Gasteiger partial charge in [0, 0.05) is 25.7 Å². The van der Waals surface area contributed by atoms with Crippen molar-refractivity contribution in [2.75, 3.05) is 19.7 Å². The van der Waals surface area contributed by atoms with Gasteiger partial charge in [0.1, 0.15) is 11.3 Å². The van der Waals surface area contributed by atoms with Crippen molar-refractivity contribution in [3.8, 4) is 5.75 Å². The average Bonchev–Trinajstić information content (AvgIpc) is 2.98. The second kappa shape index (κ2) is 14.5. The Bertz CT molecular complexity index is 1380. The highest BCUT2D eigenvalue weighted by Crippen LogP contribution is 2.37. The zero-order valence-electron chi connectivity index (χ0n) is 23.6. The van der Waals surface area contributed by atoms with Crippen LogP contribution in [0.3, 0.4) is 0 Å². The minimum Gasteiger partial charge on any atom is -0.494 e. The topological polar surface area (TPSA) is 88.9 Å². The fourth-order valence-corrected chi connectivity index (χ4v) is 5.26. The van der Waals surface area contributed by atoms with Crippen molar-refractivity contribution in [2.45, 2.75) is 71.3 Å². The van der Waals surface area contributed by atoms with E-state index in [4.69, 9.17) is 9.15 Å². The van der Waals surface area contributed by atoms with Crippen LogP contribution in [-0.4, -0.2) is 36.9 Å². The molecule has 3 aromatic rings. The van der Waals surface area contributed by atoms with Gasteiger partial charge in [0.25, 0.3) is 5.91 Å². The predicted octanol–water partition coefficient (Wildman–Crippen LogP) is 6.35. The molecule has 212 valence electrons. The first-order valence-corrected chi connectivity index (χ1v) is 14.5. The Kier molecular flexibility index (Phi) is 10.6. The third-order valence-electron chi connectivity index (χ3n) is 7.49. The number of fused-ring (bicyclic) bond motifs is 1. The number of carbonyl (C=O) groups is 2. The fraction of sp³-hybridized carbons (Fsp3) is 0.424. The quantitative estimate of drug-likeness (QED) is 0.200. The summed E-state index contributed by atoms with van der Waals surface area (Å²) in [6.45, 7) is 6.55. The van der Waals surface area contributed by atoms with E-state index in [1.807, 2.05) is 11.8 Å². The molecule has 2 amide bonds. The Morgan fingerprint density at radius 2 is 1.90 bits per heavy atom. The van der Waals surface area contributed by atoms with Crippen LogP contribution in [0.2, 0.25) is 0 Å². The number of ether oxygens (including phenoxy) is 1. The first-order chi connectivity index (χ1) is 19.5. The summed E-state index contributed by atoms with van der Waals surface area (Å²) >= 11 is 0. The van der Waals surface area contributed by atoms with Crippen LogP contribution in [0.1, 0.15) is 86.4 Å². The number of nitrogens with one attached hydrogen (secondary N) is 1. The highest BCUT2D eigenvalue weighted by atomic mass is 16.5. The average molecular weight is 545 g/mol. The number of nitrogens with zero attached hydrogens (tertiary/aromatic N) is 1. The Morgan fingerprint density at radius 1 is 1.10 bits per heavy atom. The molecule has 0 aliphatic heterocycles. The highest BCUT2D eigenvalue weighted by molar-refractivity contribution is 5.93. The smallest absolute Gasteiger partial charge is 0.287 e. The molecule has 7 nitrogen and oxygen atoms in total. The van der Waals surface area contributed by atoms with Crippen molar-refractivity contribution < 1.29 is 18.7 Å². The Balaban J connectivity index is 1.32. The van der Waals surface area contributed by atoms with Crippen LogP contribution in [0.4, 0.5) is 0 Å². The maximum atomic E-state index is 12.7. The molecule has 7 heteroatoms. The third-order valence-corrected chi connectivity index (χ3v) is 7.49. The lowest BCUT2D eigenvalue weighted by Gasteiger charge is -2.28. The van der Waals surface area contributed by atoms with Gasteiger partial charge in [0.2, 0.25) is 6.41 Å². The van der Waals surface area contributed by atoms with E-state index in [9.17, 15) is 14.4 Å². The van der Waals surface area contributed by atoms with Crippen molar-refractivity contribution in [3.63, 3.8) is 0 Å². The van der Waals surface area contributed by atoms with E-state index in [1.165, 1.54) is 22.8 Å². The van der Waals surface area contributed by atoms with E-state index in [0.29, 0.717) is 42.3 Å². The minimum atomic E-state index is -0.410. The molecule has 40 heavy (non-hydrogen) atoms. The van der Waals surface area contributed by atoms with Crippen LogP contribution in [-0.2, 0) is 11.3 Å². The van der Waals surface area contributed by atoms with E-state index < -0.39 is 5.91 Å². The van der Waals surface area contributed by atoms with Crippen LogP contribution in [0.15, 0.2) is 69.4 Å². The molecular formula is C33H40N2O5. The number of amides is 2. The van der Waals surface area contributed by atoms with E-state index in [1.54, 1.807) is 18.2 Å². The molecule has 0 unspecified atom stereocenters. The third kappa shape index (κ3) is 7.62. The molecule has 1 aliphatic carbocycles. The molecule has 1 N–H and O–H groups in total. The van der Waals surface area contributed by atoms with Crippen molar-refractivity contribution in [3.05, 3.63) is 87.3 Å². The zero-order valence-corrected chi connectivity index (χ0v) is 23.6. The molecule has 1 aliphatic rings. The van der Waals surface area contributed by atoms with E-state index in [2.05, 4.69) is 42.6 Å². The molecule has 1 fully saturated rings. The highest BCUT2D eigenvalue weighted by Gasteiger charge is 2.21. The lowest BCUT2D eigenvalue weighted by molar-refractivity contribution is -0.118. The largest absolute Gasteiger partial charge is 0.494 e. The summed E-state index contributed by atoms with van der Waals surface area (Å²) in [4.78, 5) is 38.8. The Labute approximate surface area is 236 Å². The van der Waals surface area contributed by atoms with Crippen molar-refractivity contribution in [1.82, 2.24) is 10.2 Å². The van der Waals surface area contributed by atoms with E-state index in [-0.39, 0.29) is 11.2 Å². The van der Waals surface area contributed by atoms with Crippen LogP contribution >= 0.6 is 0 Å². The summed E-state index contributed by atoms with van der Waals surface area (Å²) in [5, 5.41) is 3.26. The number of hydrogen-bond donors (Lipinski definition) is 1. The minimum absolute atomic E-state index is 0.00162. The van der Waals surface area contributed by atoms with Gasteiger partial charge in [0.05, 0.1) is 12.0 Å². The van der Waals surface area contributed by atoms with Gasteiger partial charge in [0.15, 0.2) is 11.2 Å². The lowest BCUT2D eigenvalue weighted by Crippen LogP contribution is -2.25. The van der Waals surface area contributed by atoms with Gasteiger partial charge in [-0.2, -0.15) is 0 Å². The van der Waals surface area contributed by atoms with Crippen LogP contribution in [0.25, 0.3) is 11.0 Å². The molecule has 1 saturated carbocycles. The first-order valence-electron chi connectivity index (χ1n) is 14.5. The first kappa shape index (κ1) is 29.1. The summed E-state index contributed by atoms with van der Waals surface area (Å²) in [5.74, 6) is 0.662. The van der Waals surface area contributed by atoms with Crippen molar-refractivity contribution >= 4 is 23.3 Å². The Hall–Kier alpha value is -3.87. The van der Waals surface area contributed by atoms with Gasteiger partial charge in [-0.05, 0) is 73.8 Å². The maximum Gasteiger partial charge on any atom is 0.287 e. The van der Waals surface area contributed by atoms with E-state index in [0.717, 1.165) is 57.9 Å². The fourth-order valence-electron chi connectivity index (χ4n) is 5.26. The molecule has 1 aromatic heterocycles. The van der Waals surface area contributed by atoms with Gasteiger partial charge in [-0.15, -0.1) is 0 Å². The maximum absolute atomic E-state index is 12.7. The standard InChI is InChI=1S/C33H40N2O5/c1-3-5-18-35(23-36)22-26-8-6-7-9-28(26)25-12-10-24(11-13-25)16-17-34-33(38)32-21-30(37)29-20-27(39-19-4-2)14-15-31(29)40-32/h6-9,14-16,20-21,23,25H,3-5,10-13,17-19,22H2,1-2H3,(H,34,38). The number of hydrogen-bond acceptors (Lipinski definition) is 5. The number of carbonyl (C=O) groups excluding carboxylic acids is 2. The second-order valence-corrected chi connectivity index (χ2v) is 10.5. The molecule has 0 saturated heterocycles. The monoisotopic (exact) mass is 544 g/mol. The molecule has 2 aromatic carbocycles. The molecule has 0 atom stereocenters. The molecule has 4 rings (SSSR count). The van der Waals surface area contributed by atoms with Gasteiger partial charge in [-0.25, -0.2) is 0 Å². The van der Waals surface area contributed by atoms with Gasteiger partial charge in [-0.1, -0.05) is 56.2 Å². The SMILES string of the molecule is CCCCN(C=O)Cc1ccccc1C1CCC(=CCNC(=O)c2cc(=O)c3cc(OCCC)ccc3o2)CC1. The molecular weight excluding hydrogens is 504 g/mol. The summed E-state index contributed by atoms with van der Waals surface area (Å²) in [6, 6.07) is 14.8. The van der Waals surface area contributed by atoms with Crippen LogP contribution < -0.4 is 15.5 Å². The van der Waals surface area contributed by atoms with Crippen LogP contribution in [0, 0.1) is 0 Å². The number of unbranched alkanes of at least 4 members (excludes halogenated alkanes) is 1. The van der Waals surface area contributed by atoms with E-state index >= 15 is 0 Å². The van der Waals surface area contributed by atoms with Gasteiger partial charge >= 0.3 is 0 Å². The predicted molar refractivity (Wildman–Crippen MR) is 158 cm³/mol. The van der Waals surface area contributed by atoms with Crippen molar-refractivity contribution in [1.29, 1.82) is 0 Å². The summed E-state index contributed by atoms with van der Waals surface area (Å²) < 4.78 is 11.3. The van der Waals surface area contributed by atoms with Gasteiger partial charge < -0.3 is 19.4 Å². The van der Waals surface area contributed by atoms with Crippen LogP contribution in [0.5, 0.6) is 5.75 Å². The summed E-state index contributed by atoms with van der Waals surface area (Å²) in [6.07, 6.45) is 10.0. The Morgan fingerprint density at radius 3 is 2.65 bits per heavy atom. The second-order valence-electron chi connectivity index (χ2n) is 10.5. The molecule has 1 heterocycles.